The fourth-order valence-corrected chi connectivity index (χ4v) is 2.17. The van der Waals surface area contributed by atoms with Crippen LogP contribution in [0.3, 0.4) is 0 Å². The van der Waals surface area contributed by atoms with Crippen LogP contribution in [-0.2, 0) is 6.54 Å². The van der Waals surface area contributed by atoms with Gasteiger partial charge in [0, 0.05) is 16.8 Å². The van der Waals surface area contributed by atoms with Crippen LogP contribution in [0.4, 0.5) is 5.95 Å². The van der Waals surface area contributed by atoms with Gasteiger partial charge in [-0.05, 0) is 25.1 Å². The molecule has 0 aliphatic rings. The number of hydrogen-bond donors (Lipinski definition) is 1. The summed E-state index contributed by atoms with van der Waals surface area (Å²) in [7, 11) is 0. The minimum absolute atomic E-state index is 0.652. The van der Waals surface area contributed by atoms with Crippen molar-refractivity contribution in [2.45, 2.75) is 13.5 Å². The zero-order valence-electron chi connectivity index (χ0n) is 8.20. The van der Waals surface area contributed by atoms with Crippen molar-refractivity contribution >= 4 is 28.9 Å². The lowest BCUT2D eigenvalue weighted by molar-refractivity contribution is 1.04. The molecule has 0 unspecified atom stereocenters. The maximum Gasteiger partial charge on any atom is 0.223 e. The van der Waals surface area contributed by atoms with Crippen molar-refractivity contribution in [3.05, 3.63) is 39.3 Å². The molecule has 0 aliphatic heterocycles. The number of nitrogens with one attached hydrogen (secondary N) is 1. The predicted octanol–water partition coefficient (Wildman–Crippen LogP) is 3.11. The van der Waals surface area contributed by atoms with Crippen LogP contribution in [0.25, 0.3) is 0 Å². The van der Waals surface area contributed by atoms with Crippen LogP contribution in [0.1, 0.15) is 10.6 Å². The molecule has 0 amide bonds. The minimum atomic E-state index is 0.652. The van der Waals surface area contributed by atoms with Crippen LogP contribution < -0.4 is 5.32 Å². The standard InChI is InChI=1S/C10H10ClN3S/c1-7-4-5-12-10(14-7)13-6-8-2-3-9(11)15-8/h2-5H,6H2,1H3,(H,12,13,14). The molecule has 1 N–H and O–H groups in total. The molecule has 2 aromatic heterocycles. The normalized spacial score (nSPS) is 10.3. The number of nitrogens with zero attached hydrogens (tertiary/aromatic N) is 2. The summed E-state index contributed by atoms with van der Waals surface area (Å²) in [5, 5.41) is 3.14. The summed E-state index contributed by atoms with van der Waals surface area (Å²) < 4.78 is 0.803. The van der Waals surface area contributed by atoms with E-state index in [4.69, 9.17) is 11.6 Å². The Morgan fingerprint density at radius 1 is 1.40 bits per heavy atom. The van der Waals surface area contributed by atoms with E-state index in [1.807, 2.05) is 25.1 Å². The van der Waals surface area contributed by atoms with Gasteiger partial charge in [0.25, 0.3) is 0 Å². The number of aromatic nitrogens is 2. The monoisotopic (exact) mass is 239 g/mol. The summed E-state index contributed by atoms with van der Waals surface area (Å²) in [5.41, 5.74) is 0.955. The molecule has 15 heavy (non-hydrogen) atoms. The Bertz CT molecular complexity index is 455. The van der Waals surface area contributed by atoms with Gasteiger partial charge in [-0.25, -0.2) is 9.97 Å². The Hall–Kier alpha value is -1.13. The average Bonchev–Trinajstić information content (AvgIpc) is 2.62. The van der Waals surface area contributed by atoms with Gasteiger partial charge in [0.1, 0.15) is 0 Å². The molecule has 0 bridgehead atoms. The van der Waals surface area contributed by atoms with Crippen molar-refractivity contribution in [1.82, 2.24) is 9.97 Å². The van der Waals surface area contributed by atoms with E-state index < -0.39 is 0 Å². The number of halogens is 1. The lowest BCUT2D eigenvalue weighted by Gasteiger charge is -2.02. The second-order valence-electron chi connectivity index (χ2n) is 3.08. The quantitative estimate of drug-likeness (QED) is 0.895. The van der Waals surface area contributed by atoms with Crippen molar-refractivity contribution in [2.24, 2.45) is 0 Å². The number of hydrogen-bond acceptors (Lipinski definition) is 4. The van der Waals surface area contributed by atoms with Crippen LogP contribution in [0.2, 0.25) is 4.34 Å². The first-order chi connectivity index (χ1) is 7.24. The summed E-state index contributed by atoms with van der Waals surface area (Å²) in [5.74, 6) is 0.652. The number of anilines is 1. The molecule has 0 atom stereocenters. The molecule has 0 aliphatic carbocycles. The Kier molecular flexibility index (Phi) is 3.18. The Labute approximate surface area is 97.2 Å². The second kappa shape index (κ2) is 4.59. The molecule has 0 radical (unpaired) electrons. The van der Waals surface area contributed by atoms with Gasteiger partial charge in [0.2, 0.25) is 5.95 Å². The van der Waals surface area contributed by atoms with E-state index in [-0.39, 0.29) is 0 Å². The molecule has 2 heterocycles. The molecular weight excluding hydrogens is 230 g/mol. The predicted molar refractivity (Wildman–Crippen MR) is 63.4 cm³/mol. The van der Waals surface area contributed by atoms with Crippen molar-refractivity contribution in [3.8, 4) is 0 Å². The fraction of sp³-hybridized carbons (Fsp3) is 0.200. The van der Waals surface area contributed by atoms with E-state index in [0.29, 0.717) is 12.5 Å². The van der Waals surface area contributed by atoms with Crippen molar-refractivity contribution < 1.29 is 0 Å². The molecule has 0 aromatic carbocycles. The summed E-state index contributed by atoms with van der Waals surface area (Å²) in [6, 6.07) is 5.75. The zero-order chi connectivity index (χ0) is 10.7. The van der Waals surface area contributed by atoms with Gasteiger partial charge in [0.05, 0.1) is 10.9 Å². The molecule has 0 saturated carbocycles. The molecule has 0 fully saturated rings. The third-order valence-corrected chi connectivity index (χ3v) is 3.08. The lowest BCUT2D eigenvalue weighted by atomic mass is 10.4. The van der Waals surface area contributed by atoms with Gasteiger partial charge < -0.3 is 5.32 Å². The topological polar surface area (TPSA) is 37.8 Å². The largest absolute Gasteiger partial charge is 0.349 e. The summed E-state index contributed by atoms with van der Waals surface area (Å²) >= 11 is 7.39. The van der Waals surface area contributed by atoms with E-state index in [1.54, 1.807) is 17.5 Å². The summed E-state index contributed by atoms with van der Waals surface area (Å²) in [4.78, 5) is 9.53. The van der Waals surface area contributed by atoms with Crippen LogP contribution in [0.15, 0.2) is 24.4 Å². The van der Waals surface area contributed by atoms with Crippen molar-refractivity contribution in [2.75, 3.05) is 5.32 Å². The van der Waals surface area contributed by atoms with Crippen LogP contribution >= 0.6 is 22.9 Å². The van der Waals surface area contributed by atoms with E-state index in [1.165, 1.54) is 4.88 Å². The molecular formula is C10H10ClN3S. The van der Waals surface area contributed by atoms with Gasteiger partial charge >= 0.3 is 0 Å². The highest BCUT2D eigenvalue weighted by atomic mass is 35.5. The van der Waals surface area contributed by atoms with Gasteiger partial charge in [-0.15, -0.1) is 11.3 Å². The first-order valence-corrected chi connectivity index (χ1v) is 5.71. The smallest absolute Gasteiger partial charge is 0.223 e. The lowest BCUT2D eigenvalue weighted by Crippen LogP contribution is -2.02. The first kappa shape index (κ1) is 10.4. The summed E-state index contributed by atoms with van der Waals surface area (Å²) in [6.45, 7) is 2.65. The number of thiophene rings is 1. The fourth-order valence-electron chi connectivity index (χ4n) is 1.15. The van der Waals surface area contributed by atoms with E-state index in [9.17, 15) is 0 Å². The molecule has 0 saturated heterocycles. The highest BCUT2D eigenvalue weighted by Gasteiger charge is 1.99. The third kappa shape index (κ3) is 2.91. The van der Waals surface area contributed by atoms with Gasteiger partial charge in [-0.2, -0.15) is 0 Å². The van der Waals surface area contributed by atoms with E-state index in [0.717, 1.165) is 10.0 Å². The Balaban J connectivity index is 1.99. The maximum atomic E-state index is 5.83. The summed E-state index contributed by atoms with van der Waals surface area (Å²) in [6.07, 6.45) is 1.74. The molecule has 2 aromatic rings. The van der Waals surface area contributed by atoms with Crippen LogP contribution in [-0.4, -0.2) is 9.97 Å². The van der Waals surface area contributed by atoms with E-state index in [2.05, 4.69) is 15.3 Å². The minimum Gasteiger partial charge on any atom is -0.349 e. The SMILES string of the molecule is Cc1ccnc(NCc2ccc(Cl)s2)n1. The van der Waals surface area contributed by atoms with Gasteiger partial charge in [-0.1, -0.05) is 11.6 Å². The molecule has 5 heteroatoms. The number of aryl methyl sites for hydroxylation is 1. The average molecular weight is 240 g/mol. The highest BCUT2D eigenvalue weighted by molar-refractivity contribution is 7.16. The molecule has 3 nitrogen and oxygen atoms in total. The molecule has 2 rings (SSSR count). The van der Waals surface area contributed by atoms with Crippen molar-refractivity contribution in [1.29, 1.82) is 0 Å². The highest BCUT2D eigenvalue weighted by Crippen LogP contribution is 2.21. The third-order valence-electron chi connectivity index (χ3n) is 1.84. The Morgan fingerprint density at radius 3 is 2.93 bits per heavy atom. The number of rotatable bonds is 3. The molecule has 0 spiro atoms. The van der Waals surface area contributed by atoms with E-state index >= 15 is 0 Å². The maximum absolute atomic E-state index is 5.83. The Morgan fingerprint density at radius 2 is 2.27 bits per heavy atom. The van der Waals surface area contributed by atoms with Crippen molar-refractivity contribution in [3.63, 3.8) is 0 Å². The molecule has 78 valence electrons. The zero-order valence-corrected chi connectivity index (χ0v) is 9.77. The van der Waals surface area contributed by atoms with Gasteiger partial charge in [0.15, 0.2) is 0 Å². The van der Waals surface area contributed by atoms with Gasteiger partial charge in [-0.3, -0.25) is 0 Å². The van der Waals surface area contributed by atoms with Crippen LogP contribution in [0, 0.1) is 6.92 Å². The second-order valence-corrected chi connectivity index (χ2v) is 4.88. The van der Waals surface area contributed by atoms with Crippen LogP contribution in [0.5, 0.6) is 0 Å². The first-order valence-electron chi connectivity index (χ1n) is 4.52.